The van der Waals surface area contributed by atoms with Gasteiger partial charge in [0.2, 0.25) is 0 Å². The lowest BCUT2D eigenvalue weighted by atomic mass is 10.1. The molecule has 2 saturated heterocycles. The molecule has 164 valence electrons. The predicted molar refractivity (Wildman–Crippen MR) is 116 cm³/mol. The van der Waals surface area contributed by atoms with Crippen LogP contribution in [-0.4, -0.2) is 68.6 Å². The molecule has 1 aromatic carbocycles. The quantitative estimate of drug-likeness (QED) is 0.616. The van der Waals surface area contributed by atoms with Crippen molar-refractivity contribution >= 4 is 34.5 Å². The summed E-state index contributed by atoms with van der Waals surface area (Å²) in [4.78, 5) is 24.3. The van der Waals surface area contributed by atoms with Crippen LogP contribution in [0.3, 0.4) is 0 Å². The molecule has 3 aromatic rings. The van der Waals surface area contributed by atoms with Gasteiger partial charge in [0.05, 0.1) is 23.2 Å². The van der Waals surface area contributed by atoms with E-state index in [1.807, 2.05) is 22.4 Å². The summed E-state index contributed by atoms with van der Waals surface area (Å²) in [7, 11) is 0. The second kappa shape index (κ2) is 7.38. The average molecular weight is 445 g/mol. The van der Waals surface area contributed by atoms with E-state index in [2.05, 4.69) is 4.98 Å². The van der Waals surface area contributed by atoms with Gasteiger partial charge in [-0.15, -0.1) is 11.3 Å². The van der Waals surface area contributed by atoms with Crippen LogP contribution in [0.15, 0.2) is 28.1 Å². The summed E-state index contributed by atoms with van der Waals surface area (Å²) in [5.41, 5.74) is 0.983. The Morgan fingerprint density at radius 3 is 2.68 bits per heavy atom. The van der Waals surface area contributed by atoms with Crippen molar-refractivity contribution in [1.29, 1.82) is 0 Å². The van der Waals surface area contributed by atoms with Crippen molar-refractivity contribution in [3.05, 3.63) is 23.7 Å². The maximum absolute atomic E-state index is 11.6. The maximum Gasteiger partial charge on any atom is 0.407 e. The maximum atomic E-state index is 11.6. The van der Waals surface area contributed by atoms with Crippen LogP contribution in [0.5, 0.6) is 5.75 Å². The highest BCUT2D eigenvalue weighted by molar-refractivity contribution is 7.13. The molecular weight excluding hydrogens is 420 g/mol. The number of anilines is 1. The van der Waals surface area contributed by atoms with Gasteiger partial charge in [-0.2, -0.15) is 4.98 Å². The number of oxazole rings is 1. The standard InChI is InChI=1S/C21H24N4O5S/c1-21(2,28)11-29-15-6-5-14(18-22-7-8-31-18)17-16(15)23-19(30-17)24-9-12-3-4-13(10-24)25(12)20(26)27/h5-8,12-13,28H,3-4,9-11H2,1-2H3,(H,26,27). The molecule has 0 saturated carbocycles. The summed E-state index contributed by atoms with van der Waals surface area (Å²) < 4.78 is 12.1. The molecule has 0 aliphatic carbocycles. The second-order valence-electron chi connectivity index (χ2n) is 8.70. The number of amides is 1. The van der Waals surface area contributed by atoms with Gasteiger partial charge < -0.3 is 24.3 Å². The van der Waals surface area contributed by atoms with Gasteiger partial charge in [0.25, 0.3) is 6.01 Å². The van der Waals surface area contributed by atoms with E-state index >= 15 is 0 Å². The lowest BCUT2D eigenvalue weighted by molar-refractivity contribution is 0.0290. The van der Waals surface area contributed by atoms with Gasteiger partial charge in [0.15, 0.2) is 11.1 Å². The molecule has 2 aromatic heterocycles. The molecule has 2 aliphatic rings. The summed E-state index contributed by atoms with van der Waals surface area (Å²) in [5, 5.41) is 22.3. The van der Waals surface area contributed by atoms with Gasteiger partial charge in [0, 0.05) is 24.7 Å². The van der Waals surface area contributed by atoms with Crippen molar-refractivity contribution < 1.29 is 24.2 Å². The monoisotopic (exact) mass is 444 g/mol. The number of aromatic nitrogens is 2. The summed E-state index contributed by atoms with van der Waals surface area (Å²) in [6.45, 7) is 4.56. The molecule has 2 fully saturated rings. The highest BCUT2D eigenvalue weighted by Gasteiger charge is 2.44. The Hall–Kier alpha value is -2.85. The van der Waals surface area contributed by atoms with E-state index in [0.29, 0.717) is 36.0 Å². The molecule has 4 heterocycles. The third-order valence-corrected chi connectivity index (χ3v) is 6.52. The molecule has 2 bridgehead atoms. The smallest absolute Gasteiger partial charge is 0.407 e. The summed E-state index contributed by atoms with van der Waals surface area (Å²) in [6, 6.07) is 4.05. The van der Waals surface area contributed by atoms with E-state index in [1.165, 1.54) is 11.3 Å². The van der Waals surface area contributed by atoms with E-state index in [4.69, 9.17) is 14.1 Å². The Bertz CT molecular complexity index is 1090. The van der Waals surface area contributed by atoms with Crippen LogP contribution >= 0.6 is 11.3 Å². The predicted octanol–water partition coefficient (Wildman–Crippen LogP) is 3.43. The number of hydrogen-bond donors (Lipinski definition) is 2. The van der Waals surface area contributed by atoms with Crippen LogP contribution in [0.25, 0.3) is 21.7 Å². The fraction of sp³-hybridized carbons (Fsp3) is 0.476. The van der Waals surface area contributed by atoms with Gasteiger partial charge in [-0.05, 0) is 38.8 Å². The normalized spacial score (nSPS) is 21.1. The van der Waals surface area contributed by atoms with Crippen LogP contribution in [-0.2, 0) is 0 Å². The number of benzene rings is 1. The van der Waals surface area contributed by atoms with Crippen molar-refractivity contribution in [2.24, 2.45) is 0 Å². The fourth-order valence-corrected chi connectivity index (χ4v) is 5.03. The lowest BCUT2D eigenvalue weighted by Gasteiger charge is -2.38. The van der Waals surface area contributed by atoms with E-state index in [0.717, 1.165) is 23.4 Å². The zero-order valence-corrected chi connectivity index (χ0v) is 18.1. The molecule has 0 radical (unpaired) electrons. The Labute approximate surface area is 182 Å². The minimum atomic E-state index is -0.987. The molecule has 31 heavy (non-hydrogen) atoms. The molecule has 2 N–H and O–H groups in total. The zero-order valence-electron chi connectivity index (χ0n) is 17.3. The van der Waals surface area contributed by atoms with Crippen molar-refractivity contribution in [2.45, 2.75) is 44.4 Å². The number of ether oxygens (including phenoxy) is 1. The number of fused-ring (bicyclic) bond motifs is 3. The first-order valence-electron chi connectivity index (χ1n) is 10.2. The van der Waals surface area contributed by atoms with Crippen molar-refractivity contribution in [1.82, 2.24) is 14.9 Å². The van der Waals surface area contributed by atoms with Gasteiger partial charge >= 0.3 is 6.09 Å². The van der Waals surface area contributed by atoms with Crippen molar-refractivity contribution in [2.75, 3.05) is 24.6 Å². The van der Waals surface area contributed by atoms with Crippen LogP contribution in [0, 0.1) is 0 Å². The van der Waals surface area contributed by atoms with Crippen LogP contribution in [0.2, 0.25) is 0 Å². The number of thiazole rings is 1. The molecule has 1 amide bonds. The van der Waals surface area contributed by atoms with Gasteiger partial charge in [-0.25, -0.2) is 9.78 Å². The summed E-state index contributed by atoms with van der Waals surface area (Å²) >= 11 is 1.51. The Kier molecular flexibility index (Phi) is 4.78. The number of nitrogens with zero attached hydrogens (tertiary/aromatic N) is 4. The largest absolute Gasteiger partial charge is 0.488 e. The third kappa shape index (κ3) is 3.70. The lowest BCUT2D eigenvalue weighted by Crippen LogP contribution is -2.55. The SMILES string of the molecule is CC(C)(O)COc1ccc(-c2nccs2)c2oc(N3CC4CCC(C3)N4C(=O)O)nc12. The molecule has 10 heteroatoms. The zero-order chi connectivity index (χ0) is 21.8. The number of piperazine rings is 1. The number of hydrogen-bond acceptors (Lipinski definition) is 8. The van der Waals surface area contributed by atoms with Crippen LogP contribution in [0.4, 0.5) is 10.8 Å². The van der Waals surface area contributed by atoms with E-state index in [-0.39, 0.29) is 18.7 Å². The van der Waals surface area contributed by atoms with E-state index in [9.17, 15) is 15.0 Å². The van der Waals surface area contributed by atoms with Gasteiger partial charge in [0.1, 0.15) is 17.4 Å². The second-order valence-corrected chi connectivity index (χ2v) is 9.60. The Balaban J connectivity index is 1.53. The highest BCUT2D eigenvalue weighted by Crippen LogP contribution is 2.39. The minimum absolute atomic E-state index is 0.0596. The number of carboxylic acid groups (broad SMARTS) is 1. The highest BCUT2D eigenvalue weighted by atomic mass is 32.1. The molecular formula is C21H24N4O5S. The molecule has 2 unspecified atom stereocenters. The molecule has 0 spiro atoms. The van der Waals surface area contributed by atoms with E-state index in [1.54, 1.807) is 24.9 Å². The van der Waals surface area contributed by atoms with Crippen molar-refractivity contribution in [3.8, 4) is 16.3 Å². The van der Waals surface area contributed by atoms with E-state index < -0.39 is 11.7 Å². The van der Waals surface area contributed by atoms with Crippen molar-refractivity contribution in [3.63, 3.8) is 0 Å². The third-order valence-electron chi connectivity index (χ3n) is 5.71. The molecule has 2 aliphatic heterocycles. The fourth-order valence-electron chi connectivity index (χ4n) is 4.37. The van der Waals surface area contributed by atoms with Crippen LogP contribution < -0.4 is 9.64 Å². The molecule has 2 atom stereocenters. The first-order valence-corrected chi connectivity index (χ1v) is 11.1. The number of carbonyl (C=O) groups is 1. The molecule has 9 nitrogen and oxygen atoms in total. The summed E-state index contributed by atoms with van der Waals surface area (Å²) in [5.74, 6) is 0.527. The summed E-state index contributed by atoms with van der Waals surface area (Å²) in [6.07, 6.45) is 2.57. The first kappa shape index (κ1) is 20.1. The molecule has 5 rings (SSSR count). The van der Waals surface area contributed by atoms with Gasteiger partial charge in [-0.3, -0.25) is 4.90 Å². The average Bonchev–Trinajstić information content (AvgIpc) is 3.43. The first-order chi connectivity index (χ1) is 14.8. The Morgan fingerprint density at radius 1 is 1.32 bits per heavy atom. The topological polar surface area (TPSA) is 112 Å². The minimum Gasteiger partial charge on any atom is -0.488 e. The van der Waals surface area contributed by atoms with Gasteiger partial charge in [-0.1, -0.05) is 0 Å². The van der Waals surface area contributed by atoms with Crippen LogP contribution in [0.1, 0.15) is 26.7 Å². The number of rotatable bonds is 5. The number of aliphatic hydroxyl groups is 1. The Morgan fingerprint density at radius 2 is 2.06 bits per heavy atom.